The van der Waals surface area contributed by atoms with E-state index >= 15 is 0 Å². The van der Waals surface area contributed by atoms with Gasteiger partial charge in [-0.25, -0.2) is 0 Å². The van der Waals surface area contributed by atoms with Crippen LogP contribution in [0.5, 0.6) is 5.75 Å². The average molecular weight is 278 g/mol. The summed E-state index contributed by atoms with van der Waals surface area (Å²) in [6, 6.07) is 16.4. The third-order valence-corrected chi connectivity index (χ3v) is 3.54. The van der Waals surface area contributed by atoms with Gasteiger partial charge in [0.25, 0.3) is 5.91 Å². The number of nitrogens with zero attached hydrogens (tertiary/aromatic N) is 1. The Morgan fingerprint density at radius 3 is 2.71 bits per heavy atom. The molecular weight excluding hydrogens is 264 g/mol. The molecule has 0 fully saturated rings. The number of fused-ring (bicyclic) bond motifs is 1. The van der Waals surface area contributed by atoms with Crippen molar-refractivity contribution in [2.24, 2.45) is 0 Å². The van der Waals surface area contributed by atoms with Gasteiger partial charge in [-0.15, -0.1) is 0 Å². The van der Waals surface area contributed by atoms with Crippen LogP contribution >= 0.6 is 0 Å². The number of benzene rings is 2. The molecule has 21 heavy (non-hydrogen) atoms. The molecule has 0 radical (unpaired) electrons. The molecule has 0 bridgehead atoms. The lowest BCUT2D eigenvalue weighted by atomic mass is 10.00. The van der Waals surface area contributed by atoms with Crippen LogP contribution in [0.3, 0.4) is 0 Å². The van der Waals surface area contributed by atoms with Crippen LogP contribution in [0, 0.1) is 11.3 Å². The summed E-state index contributed by atoms with van der Waals surface area (Å²) in [4.78, 5) is 12.3. The molecule has 2 aromatic carbocycles. The van der Waals surface area contributed by atoms with E-state index in [-0.39, 0.29) is 11.9 Å². The molecule has 1 amide bonds. The first kappa shape index (κ1) is 13.2. The molecule has 0 spiro atoms. The molecular formula is C17H14N2O2. The van der Waals surface area contributed by atoms with Gasteiger partial charge in [0.05, 0.1) is 24.3 Å². The highest BCUT2D eigenvalue weighted by Gasteiger charge is 2.22. The molecule has 3 rings (SSSR count). The fourth-order valence-electron chi connectivity index (χ4n) is 2.43. The van der Waals surface area contributed by atoms with E-state index in [1.165, 1.54) is 0 Å². The van der Waals surface area contributed by atoms with Crippen LogP contribution in [0.4, 0.5) is 0 Å². The standard InChI is InChI=1S/C17H14N2O2/c18-11-12-5-7-13(8-6-12)17(20)19-15-9-10-21-16-4-2-1-3-14(15)16/h1-8,15H,9-10H2,(H,19,20)/t15-/m1/s1. The summed E-state index contributed by atoms with van der Waals surface area (Å²) in [6.45, 7) is 0.593. The normalized spacial score (nSPS) is 16.2. The van der Waals surface area contributed by atoms with Crippen LogP contribution in [0.2, 0.25) is 0 Å². The predicted molar refractivity (Wildman–Crippen MR) is 77.9 cm³/mol. The number of hydrogen-bond acceptors (Lipinski definition) is 3. The minimum absolute atomic E-state index is 0.0434. The molecule has 2 aromatic rings. The molecule has 1 atom stereocenters. The first-order valence-electron chi connectivity index (χ1n) is 6.80. The molecule has 4 nitrogen and oxygen atoms in total. The van der Waals surface area contributed by atoms with Crippen LogP contribution < -0.4 is 10.1 Å². The van der Waals surface area contributed by atoms with Crippen LogP contribution in [-0.2, 0) is 0 Å². The second-order valence-electron chi connectivity index (χ2n) is 4.89. The third kappa shape index (κ3) is 2.72. The summed E-state index contributed by atoms with van der Waals surface area (Å²) < 4.78 is 5.58. The monoisotopic (exact) mass is 278 g/mol. The summed E-state index contributed by atoms with van der Waals surface area (Å²) >= 11 is 0. The van der Waals surface area contributed by atoms with E-state index in [4.69, 9.17) is 10.00 Å². The van der Waals surface area contributed by atoms with Crippen molar-refractivity contribution in [1.82, 2.24) is 5.32 Å². The highest BCUT2D eigenvalue weighted by Crippen LogP contribution is 2.31. The summed E-state index contributed by atoms with van der Waals surface area (Å²) in [5.74, 6) is 0.690. The minimum Gasteiger partial charge on any atom is -0.493 e. The molecule has 0 aliphatic carbocycles. The molecule has 1 N–H and O–H groups in total. The van der Waals surface area contributed by atoms with Gasteiger partial charge in [0, 0.05) is 17.5 Å². The maximum Gasteiger partial charge on any atom is 0.251 e. The van der Waals surface area contributed by atoms with E-state index in [9.17, 15) is 4.79 Å². The summed E-state index contributed by atoms with van der Waals surface area (Å²) in [5.41, 5.74) is 2.10. The molecule has 1 heterocycles. The smallest absolute Gasteiger partial charge is 0.251 e. The number of para-hydroxylation sites is 1. The molecule has 0 saturated carbocycles. The van der Waals surface area contributed by atoms with Gasteiger partial charge < -0.3 is 10.1 Å². The average Bonchev–Trinajstić information content (AvgIpc) is 2.55. The van der Waals surface area contributed by atoms with Crippen molar-refractivity contribution in [3.05, 3.63) is 65.2 Å². The van der Waals surface area contributed by atoms with Crippen LogP contribution in [0.25, 0.3) is 0 Å². The second-order valence-corrected chi connectivity index (χ2v) is 4.89. The van der Waals surface area contributed by atoms with Crippen LogP contribution in [-0.4, -0.2) is 12.5 Å². The molecule has 1 aliphatic heterocycles. The van der Waals surface area contributed by atoms with Gasteiger partial charge in [0.2, 0.25) is 0 Å². The van der Waals surface area contributed by atoms with E-state index in [0.29, 0.717) is 17.7 Å². The zero-order valence-electron chi connectivity index (χ0n) is 11.4. The SMILES string of the molecule is N#Cc1ccc(C(=O)N[C@@H]2CCOc3ccccc32)cc1. The van der Waals surface area contributed by atoms with Gasteiger partial charge in [-0.05, 0) is 30.3 Å². The van der Waals surface area contributed by atoms with E-state index < -0.39 is 0 Å². The molecule has 0 aromatic heterocycles. The van der Waals surface area contributed by atoms with Crippen molar-refractivity contribution in [1.29, 1.82) is 5.26 Å². The number of ether oxygens (including phenoxy) is 1. The Morgan fingerprint density at radius 1 is 1.19 bits per heavy atom. The molecule has 4 heteroatoms. The molecule has 0 unspecified atom stereocenters. The summed E-state index contributed by atoms with van der Waals surface area (Å²) in [7, 11) is 0. The van der Waals surface area contributed by atoms with Gasteiger partial charge in [0.1, 0.15) is 5.75 Å². The molecule has 104 valence electrons. The number of nitriles is 1. The zero-order valence-corrected chi connectivity index (χ0v) is 11.4. The Bertz CT molecular complexity index is 701. The van der Waals surface area contributed by atoms with Crippen LogP contribution in [0.1, 0.15) is 33.9 Å². The van der Waals surface area contributed by atoms with Crippen molar-refractivity contribution < 1.29 is 9.53 Å². The second kappa shape index (κ2) is 5.68. The van der Waals surface area contributed by atoms with Crippen LogP contribution in [0.15, 0.2) is 48.5 Å². The topological polar surface area (TPSA) is 62.1 Å². The van der Waals surface area contributed by atoms with E-state index in [1.807, 2.05) is 30.3 Å². The Labute approximate surface area is 123 Å². The molecule has 0 saturated heterocycles. The number of amides is 1. The van der Waals surface area contributed by atoms with E-state index in [2.05, 4.69) is 5.32 Å². The van der Waals surface area contributed by atoms with Crippen molar-refractivity contribution in [3.8, 4) is 11.8 Å². The first-order valence-corrected chi connectivity index (χ1v) is 6.80. The van der Waals surface area contributed by atoms with E-state index in [1.54, 1.807) is 24.3 Å². The Morgan fingerprint density at radius 2 is 1.95 bits per heavy atom. The maximum absolute atomic E-state index is 12.3. The van der Waals surface area contributed by atoms with E-state index in [0.717, 1.165) is 17.7 Å². The maximum atomic E-state index is 12.3. The number of carbonyl (C=O) groups excluding carboxylic acids is 1. The Balaban J connectivity index is 1.78. The Hall–Kier alpha value is -2.80. The highest BCUT2D eigenvalue weighted by molar-refractivity contribution is 5.94. The Kier molecular flexibility index (Phi) is 3.57. The fraction of sp³-hybridized carbons (Fsp3) is 0.176. The largest absolute Gasteiger partial charge is 0.493 e. The minimum atomic E-state index is -0.138. The number of hydrogen-bond donors (Lipinski definition) is 1. The quantitative estimate of drug-likeness (QED) is 0.918. The van der Waals surface area contributed by atoms with Gasteiger partial charge in [-0.2, -0.15) is 5.26 Å². The van der Waals surface area contributed by atoms with Crippen molar-refractivity contribution in [2.75, 3.05) is 6.61 Å². The third-order valence-electron chi connectivity index (χ3n) is 3.54. The lowest BCUT2D eigenvalue weighted by Gasteiger charge is -2.26. The van der Waals surface area contributed by atoms with Gasteiger partial charge in [-0.1, -0.05) is 18.2 Å². The lowest BCUT2D eigenvalue weighted by Crippen LogP contribution is -2.32. The van der Waals surface area contributed by atoms with Crippen molar-refractivity contribution in [2.45, 2.75) is 12.5 Å². The fourth-order valence-corrected chi connectivity index (χ4v) is 2.43. The summed E-state index contributed by atoms with van der Waals surface area (Å²) in [6.07, 6.45) is 0.749. The lowest BCUT2D eigenvalue weighted by molar-refractivity contribution is 0.0925. The number of carbonyl (C=O) groups is 1. The number of rotatable bonds is 2. The predicted octanol–water partition coefficient (Wildman–Crippen LogP) is 2.81. The van der Waals surface area contributed by atoms with Crippen molar-refractivity contribution >= 4 is 5.91 Å². The van der Waals surface area contributed by atoms with Gasteiger partial charge in [0.15, 0.2) is 0 Å². The van der Waals surface area contributed by atoms with Gasteiger partial charge >= 0.3 is 0 Å². The molecule has 1 aliphatic rings. The zero-order chi connectivity index (χ0) is 14.7. The van der Waals surface area contributed by atoms with Gasteiger partial charge in [-0.3, -0.25) is 4.79 Å². The summed E-state index contributed by atoms with van der Waals surface area (Å²) in [5, 5.41) is 11.8. The first-order chi connectivity index (χ1) is 10.3. The highest BCUT2D eigenvalue weighted by atomic mass is 16.5. The van der Waals surface area contributed by atoms with Crippen molar-refractivity contribution in [3.63, 3.8) is 0 Å². The number of nitrogens with one attached hydrogen (secondary N) is 1.